The maximum Gasteiger partial charge on any atom is 0.149 e. The highest BCUT2D eigenvalue weighted by molar-refractivity contribution is 5.98. The first kappa shape index (κ1) is 44.9. The number of nitrogens with zero attached hydrogens (tertiary/aromatic N) is 3. The second-order valence-electron chi connectivity index (χ2n) is 22.6. The van der Waals surface area contributed by atoms with Gasteiger partial charge in [0.25, 0.3) is 0 Å². The van der Waals surface area contributed by atoms with E-state index in [1.807, 2.05) is 48.7 Å². The Morgan fingerprint density at radius 2 is 1.17 bits per heavy atom. The molecule has 2 aliphatic rings. The van der Waals surface area contributed by atoms with Crippen LogP contribution in [0.3, 0.4) is 0 Å². The average molecular weight is 946 g/mol. The normalized spacial score (nSPS) is 15.5. The van der Waals surface area contributed by atoms with Crippen molar-refractivity contribution in [3.8, 4) is 78.6 Å². The Hall–Kier alpha value is -7.04. The Balaban J connectivity index is 1.14. The van der Waals surface area contributed by atoms with E-state index in [2.05, 4.69) is 167 Å². The topological polar surface area (TPSA) is 50.9 Å². The summed E-state index contributed by atoms with van der Waals surface area (Å²) >= 11 is 0. The van der Waals surface area contributed by atoms with Gasteiger partial charge in [0.05, 0.1) is 28.0 Å². The van der Waals surface area contributed by atoms with Crippen LogP contribution in [-0.2, 0) is 17.2 Å². The highest BCUT2D eigenvalue weighted by atomic mass is 16.3. The van der Waals surface area contributed by atoms with Gasteiger partial charge in [-0.25, -0.2) is 4.98 Å². The quantitative estimate of drug-likeness (QED) is 0.149. The summed E-state index contributed by atoms with van der Waals surface area (Å²) in [6, 6.07) is 57.8. The molecule has 2 fully saturated rings. The van der Waals surface area contributed by atoms with Crippen molar-refractivity contribution in [2.45, 2.75) is 122 Å². The minimum absolute atomic E-state index is 0.0402. The average Bonchev–Trinajstić information content (AvgIpc) is 4.12. The molecule has 72 heavy (non-hydrogen) atoms. The van der Waals surface area contributed by atoms with Crippen molar-refractivity contribution in [1.82, 2.24) is 14.5 Å². The third-order valence-corrected chi connectivity index (χ3v) is 15.5. The van der Waals surface area contributed by atoms with Crippen molar-refractivity contribution < 1.29 is 7.85 Å². The van der Waals surface area contributed by atoms with E-state index in [0.717, 1.165) is 98.2 Å². The molecular formula is C68H69N3O. The summed E-state index contributed by atoms with van der Waals surface area (Å²) in [7, 11) is 0. The van der Waals surface area contributed by atoms with Crippen molar-refractivity contribution in [1.29, 1.82) is 0 Å². The van der Waals surface area contributed by atoms with Crippen LogP contribution in [0.15, 0.2) is 170 Å². The van der Waals surface area contributed by atoms with Crippen molar-refractivity contribution in [3.63, 3.8) is 0 Å². The lowest BCUT2D eigenvalue weighted by Gasteiger charge is -2.23. The smallest absolute Gasteiger partial charge is 0.149 e. The lowest BCUT2D eigenvalue weighted by Crippen LogP contribution is -2.12. The fourth-order valence-corrected chi connectivity index (χ4v) is 11.3. The Morgan fingerprint density at radius 3 is 1.86 bits per heavy atom. The lowest BCUT2D eigenvalue weighted by molar-refractivity contribution is 0.443. The van der Waals surface area contributed by atoms with E-state index in [0.29, 0.717) is 22.9 Å². The Morgan fingerprint density at radius 1 is 0.528 bits per heavy atom. The van der Waals surface area contributed by atoms with Crippen LogP contribution in [0.4, 0.5) is 0 Å². The van der Waals surface area contributed by atoms with E-state index in [1.165, 1.54) is 48.8 Å². The highest BCUT2D eigenvalue weighted by Crippen LogP contribution is 2.46. The predicted octanol–water partition coefficient (Wildman–Crippen LogP) is 18.5. The maximum atomic E-state index is 12.8. The first-order valence-electron chi connectivity index (χ1n) is 27.5. The van der Waals surface area contributed by atoms with Gasteiger partial charge in [0, 0.05) is 31.2 Å². The van der Waals surface area contributed by atoms with Crippen LogP contribution >= 0.6 is 0 Å². The number of phenolic OH excluding ortho intramolecular Hbond substituents is 1. The van der Waals surface area contributed by atoms with Gasteiger partial charge in [0.1, 0.15) is 11.6 Å². The zero-order valence-electron chi connectivity index (χ0n) is 45.0. The third kappa shape index (κ3) is 9.57. The summed E-state index contributed by atoms with van der Waals surface area (Å²) < 4.78 is 21.3. The standard InChI is InChI=1S/C68H69N3O/c1-67(2,3)55-40-53(39-54(41-55)61-42-52(35-36-69-61)49-32-30-48(31-33-49)47-21-10-7-11-22-47)57-27-18-28-63-64(57)70-66(60-44-56(68(4,5)6)43-59(65(60)72)51-25-14-9-15-26-51)71(63)62-34-29-46(37-45-19-16-17-20-45)38-58(62)50-23-12-8-13-24-50/h8-9,12-15,18,23-36,38-45,47,72H,7,10-11,16-17,19-22,37H2,1-6H3/i37D2. The highest BCUT2D eigenvalue weighted by Gasteiger charge is 2.28. The molecule has 362 valence electrons. The molecule has 2 heterocycles. The molecule has 0 spiro atoms. The molecule has 11 rings (SSSR count). The lowest BCUT2D eigenvalue weighted by atomic mass is 9.83. The first-order valence-corrected chi connectivity index (χ1v) is 26.5. The van der Waals surface area contributed by atoms with Crippen LogP contribution in [0.2, 0.25) is 0 Å². The fraction of sp³-hybridized carbons (Fsp3) is 0.294. The van der Waals surface area contributed by atoms with E-state index in [9.17, 15) is 7.85 Å². The van der Waals surface area contributed by atoms with E-state index in [1.54, 1.807) is 0 Å². The molecule has 2 aromatic heterocycles. The van der Waals surface area contributed by atoms with Gasteiger partial charge in [0.15, 0.2) is 0 Å². The summed E-state index contributed by atoms with van der Waals surface area (Å²) in [6.45, 7) is 13.4. The van der Waals surface area contributed by atoms with Crippen molar-refractivity contribution in [3.05, 3.63) is 192 Å². The van der Waals surface area contributed by atoms with Gasteiger partial charge >= 0.3 is 0 Å². The number of fused-ring (bicyclic) bond motifs is 1. The fourth-order valence-electron chi connectivity index (χ4n) is 11.3. The Labute approximate surface area is 430 Å². The monoisotopic (exact) mass is 946 g/mol. The summed E-state index contributed by atoms with van der Waals surface area (Å²) in [4.78, 5) is 10.8. The third-order valence-electron chi connectivity index (χ3n) is 15.5. The molecule has 4 heteroatoms. The van der Waals surface area contributed by atoms with E-state index >= 15 is 0 Å². The number of imidazole rings is 1. The molecular weight excluding hydrogens is 875 g/mol. The number of para-hydroxylation sites is 1. The summed E-state index contributed by atoms with van der Waals surface area (Å²) in [5, 5.41) is 12.8. The summed E-state index contributed by atoms with van der Waals surface area (Å²) in [5.74, 6) is 1.38. The van der Waals surface area contributed by atoms with E-state index in [4.69, 9.17) is 9.97 Å². The minimum atomic E-state index is -1.50. The predicted molar refractivity (Wildman–Crippen MR) is 302 cm³/mol. The van der Waals surface area contributed by atoms with Crippen molar-refractivity contribution in [2.24, 2.45) is 5.92 Å². The number of hydrogen-bond donors (Lipinski definition) is 1. The van der Waals surface area contributed by atoms with Gasteiger partial charge in [-0.2, -0.15) is 0 Å². The van der Waals surface area contributed by atoms with Gasteiger partial charge < -0.3 is 5.11 Å². The molecule has 7 aromatic carbocycles. The number of phenols is 1. The summed E-state index contributed by atoms with van der Waals surface area (Å²) in [5.41, 5.74) is 16.9. The van der Waals surface area contributed by atoms with Crippen LogP contribution < -0.4 is 0 Å². The Bertz CT molecular complexity index is 3480. The van der Waals surface area contributed by atoms with Crippen molar-refractivity contribution in [2.75, 3.05) is 0 Å². The van der Waals surface area contributed by atoms with Crippen LogP contribution in [0.25, 0.3) is 83.9 Å². The number of benzene rings is 7. The molecule has 0 saturated heterocycles. The van der Waals surface area contributed by atoms with E-state index in [-0.39, 0.29) is 22.5 Å². The summed E-state index contributed by atoms with van der Waals surface area (Å²) in [6.07, 6.45) is 10.9. The molecule has 9 aromatic rings. The number of aromatic nitrogens is 3. The second-order valence-corrected chi connectivity index (χ2v) is 22.6. The van der Waals surface area contributed by atoms with Crippen LogP contribution in [0, 0.1) is 5.92 Å². The van der Waals surface area contributed by atoms with Crippen LogP contribution in [0.1, 0.15) is 130 Å². The van der Waals surface area contributed by atoms with Crippen LogP contribution in [0.5, 0.6) is 5.75 Å². The molecule has 0 atom stereocenters. The largest absolute Gasteiger partial charge is 0.507 e. The van der Waals surface area contributed by atoms with Gasteiger partial charge in [-0.3, -0.25) is 9.55 Å². The Kier molecular flexibility index (Phi) is 12.2. The maximum absolute atomic E-state index is 12.8. The van der Waals surface area contributed by atoms with Gasteiger partial charge in [-0.15, -0.1) is 0 Å². The minimum Gasteiger partial charge on any atom is -0.507 e. The van der Waals surface area contributed by atoms with Crippen LogP contribution in [-0.4, -0.2) is 19.6 Å². The molecule has 0 radical (unpaired) electrons. The zero-order chi connectivity index (χ0) is 51.4. The number of hydrogen-bond acceptors (Lipinski definition) is 3. The van der Waals surface area contributed by atoms with Crippen molar-refractivity contribution >= 4 is 11.0 Å². The molecule has 2 saturated carbocycles. The SMILES string of the molecule is [2H]C([2H])(c1ccc(-n2c(-c3cc(C(C)(C)C)cc(-c4ccccc4)c3O)nc3c(-c4cc(-c5cc(-c6ccc(C7CCCCC7)cc6)ccn5)cc(C(C)(C)C)c4)cccc32)c(-c2ccccc2)c1)C1CCCC1. The molecule has 0 amide bonds. The molecule has 0 bridgehead atoms. The molecule has 1 N–H and O–H groups in total. The van der Waals surface area contributed by atoms with Gasteiger partial charge in [0.2, 0.25) is 0 Å². The second kappa shape index (κ2) is 19.5. The van der Waals surface area contributed by atoms with Gasteiger partial charge in [-0.1, -0.05) is 196 Å². The zero-order valence-corrected chi connectivity index (χ0v) is 43.0. The van der Waals surface area contributed by atoms with E-state index < -0.39 is 6.37 Å². The molecule has 0 unspecified atom stereocenters. The first-order chi connectivity index (χ1) is 35.6. The van der Waals surface area contributed by atoms with Gasteiger partial charge in [-0.05, 0) is 147 Å². The number of pyridine rings is 1. The molecule has 4 nitrogen and oxygen atoms in total. The number of rotatable bonds is 10. The molecule has 2 aliphatic carbocycles. The molecule has 0 aliphatic heterocycles. The number of aromatic hydroxyl groups is 1.